The molecular weight excluding hydrogens is 456 g/mol. The van der Waals surface area contributed by atoms with Crippen molar-refractivity contribution < 1.29 is 14.6 Å². The average molecular weight is 487 g/mol. The number of fused-ring (bicyclic) bond motifs is 2. The summed E-state index contributed by atoms with van der Waals surface area (Å²) in [6.07, 6.45) is 11.5. The summed E-state index contributed by atoms with van der Waals surface area (Å²) < 4.78 is 13.4. The van der Waals surface area contributed by atoms with E-state index in [1.807, 2.05) is 35.1 Å². The van der Waals surface area contributed by atoms with Gasteiger partial charge in [0.15, 0.2) is 11.5 Å². The van der Waals surface area contributed by atoms with Crippen molar-refractivity contribution in [3.05, 3.63) is 54.6 Å². The Morgan fingerprint density at radius 1 is 1.22 bits per heavy atom. The number of pyridine rings is 1. The lowest BCUT2D eigenvalue weighted by atomic mass is 9.98. The minimum atomic E-state index is 0.216. The number of benzene rings is 1. The highest BCUT2D eigenvalue weighted by Crippen LogP contribution is 2.35. The molecule has 1 fully saturated rings. The second-order valence-corrected chi connectivity index (χ2v) is 9.42. The number of nitrogens with one attached hydrogen (secondary N) is 1. The lowest BCUT2D eigenvalue weighted by Crippen LogP contribution is -2.36. The fourth-order valence-electron chi connectivity index (χ4n) is 5.12. The number of hydrogen-bond acceptors (Lipinski definition) is 8. The summed E-state index contributed by atoms with van der Waals surface area (Å²) in [7, 11) is 1.69. The van der Waals surface area contributed by atoms with E-state index in [0.717, 1.165) is 84.2 Å². The number of aliphatic hydroxyl groups is 1. The first-order valence-corrected chi connectivity index (χ1v) is 12.5. The van der Waals surface area contributed by atoms with E-state index in [1.54, 1.807) is 13.3 Å². The molecule has 2 N–H and O–H groups in total. The molecule has 9 heteroatoms. The van der Waals surface area contributed by atoms with Gasteiger partial charge in [-0.05, 0) is 49.8 Å². The number of ether oxygens (including phenoxy) is 2. The van der Waals surface area contributed by atoms with Crippen LogP contribution in [0.4, 0.5) is 17.2 Å². The van der Waals surface area contributed by atoms with Gasteiger partial charge in [0.25, 0.3) is 0 Å². The Morgan fingerprint density at radius 2 is 2.17 bits per heavy atom. The van der Waals surface area contributed by atoms with Crippen LogP contribution in [0, 0.1) is 5.92 Å². The van der Waals surface area contributed by atoms with E-state index in [4.69, 9.17) is 14.5 Å². The average Bonchev–Trinajstić information content (AvgIpc) is 3.42. The zero-order chi connectivity index (χ0) is 24.5. The molecule has 3 aromatic heterocycles. The Bertz CT molecular complexity index is 1390. The van der Waals surface area contributed by atoms with Crippen LogP contribution in [-0.2, 0) is 6.42 Å². The quantitative estimate of drug-likeness (QED) is 0.421. The zero-order valence-electron chi connectivity index (χ0n) is 20.4. The van der Waals surface area contributed by atoms with Gasteiger partial charge >= 0.3 is 0 Å². The summed E-state index contributed by atoms with van der Waals surface area (Å²) in [6.45, 7) is 2.72. The van der Waals surface area contributed by atoms with Gasteiger partial charge < -0.3 is 29.2 Å². The van der Waals surface area contributed by atoms with Crippen molar-refractivity contribution in [2.24, 2.45) is 5.92 Å². The Kier molecular flexibility index (Phi) is 6.06. The number of nitrogens with zero attached hydrogens (tertiary/aromatic N) is 5. The minimum Gasteiger partial charge on any atom is -0.495 e. The number of methoxy groups -OCH3 is 1. The van der Waals surface area contributed by atoms with E-state index in [9.17, 15) is 5.11 Å². The summed E-state index contributed by atoms with van der Waals surface area (Å²) in [5.74, 6) is 2.46. The first-order valence-electron chi connectivity index (χ1n) is 12.5. The van der Waals surface area contributed by atoms with Gasteiger partial charge in [-0.2, -0.15) is 0 Å². The number of aromatic nitrogens is 4. The van der Waals surface area contributed by atoms with Crippen molar-refractivity contribution in [1.82, 2.24) is 19.4 Å². The molecule has 0 saturated carbocycles. The molecule has 1 atom stereocenters. The molecule has 0 spiro atoms. The summed E-state index contributed by atoms with van der Waals surface area (Å²) in [4.78, 5) is 16.3. The van der Waals surface area contributed by atoms with E-state index < -0.39 is 0 Å². The van der Waals surface area contributed by atoms with Crippen LogP contribution in [0.1, 0.15) is 24.8 Å². The van der Waals surface area contributed by atoms with E-state index in [0.29, 0.717) is 18.3 Å². The summed E-state index contributed by atoms with van der Waals surface area (Å²) in [6, 6.07) is 8.21. The molecule has 5 heterocycles. The molecule has 2 aliphatic rings. The van der Waals surface area contributed by atoms with Crippen LogP contribution in [0.25, 0.3) is 16.9 Å². The van der Waals surface area contributed by atoms with Crippen molar-refractivity contribution in [2.45, 2.75) is 25.7 Å². The zero-order valence-corrected chi connectivity index (χ0v) is 20.4. The van der Waals surface area contributed by atoms with Crippen LogP contribution in [0.15, 0.2) is 49.1 Å². The normalized spacial score (nSPS) is 17.5. The summed E-state index contributed by atoms with van der Waals surface area (Å²) >= 11 is 0. The molecule has 186 valence electrons. The smallest absolute Gasteiger partial charge is 0.216 e. The highest BCUT2D eigenvalue weighted by molar-refractivity contribution is 5.76. The molecule has 1 aromatic carbocycles. The predicted octanol–water partition coefficient (Wildman–Crippen LogP) is 4.08. The molecule has 0 amide bonds. The van der Waals surface area contributed by atoms with Crippen molar-refractivity contribution in [3.8, 4) is 22.9 Å². The molecular formula is C27H30N6O3. The van der Waals surface area contributed by atoms with Crippen LogP contribution in [0.5, 0.6) is 11.6 Å². The molecule has 2 aliphatic heterocycles. The van der Waals surface area contributed by atoms with Crippen LogP contribution in [-0.4, -0.2) is 57.9 Å². The van der Waals surface area contributed by atoms with Gasteiger partial charge in [0, 0.05) is 67.4 Å². The summed E-state index contributed by atoms with van der Waals surface area (Å²) in [5.41, 5.74) is 5.49. The van der Waals surface area contributed by atoms with Gasteiger partial charge in [0.1, 0.15) is 5.75 Å². The number of hydrogen-bond donors (Lipinski definition) is 2. The largest absolute Gasteiger partial charge is 0.495 e. The van der Waals surface area contributed by atoms with Gasteiger partial charge in [-0.3, -0.25) is 0 Å². The first kappa shape index (κ1) is 22.6. The lowest BCUT2D eigenvalue weighted by Gasteiger charge is -2.34. The van der Waals surface area contributed by atoms with Crippen LogP contribution >= 0.6 is 0 Å². The van der Waals surface area contributed by atoms with Crippen LogP contribution in [0.2, 0.25) is 0 Å². The fraction of sp³-hybridized carbons (Fsp3) is 0.370. The number of imidazole rings is 1. The number of anilines is 3. The SMILES string of the molecule is COc1cc(Nc2nc(-c3cnc4c(c3)CCCO4)cn3ccnc23)ccc1N1CCC[C@H](CO)C1. The Balaban J connectivity index is 1.32. The van der Waals surface area contributed by atoms with Crippen molar-refractivity contribution in [2.75, 3.05) is 43.6 Å². The molecule has 36 heavy (non-hydrogen) atoms. The summed E-state index contributed by atoms with van der Waals surface area (Å²) in [5, 5.41) is 13.1. The Labute approximate surface area is 209 Å². The van der Waals surface area contributed by atoms with Crippen molar-refractivity contribution in [1.29, 1.82) is 0 Å². The molecule has 1 saturated heterocycles. The number of aryl methyl sites for hydroxylation is 1. The predicted molar refractivity (Wildman–Crippen MR) is 138 cm³/mol. The Hall–Kier alpha value is -3.85. The lowest BCUT2D eigenvalue weighted by molar-refractivity contribution is 0.208. The monoisotopic (exact) mass is 486 g/mol. The molecule has 4 aromatic rings. The standard InChI is InChI=1S/C27H30N6O3/c1-35-24-13-21(6-7-23(24)32-9-2-4-18(15-32)17-34)30-25-26-28-8-10-33(26)16-22(31-25)20-12-19-5-3-11-36-27(19)29-14-20/h6-8,10,12-14,16,18,34H,2-5,9,11,15,17H2,1H3,(H,30,31)/t18-/m0/s1. The number of rotatable bonds is 6. The third kappa shape index (κ3) is 4.30. The molecule has 6 rings (SSSR count). The third-order valence-corrected chi connectivity index (χ3v) is 6.98. The van der Waals surface area contributed by atoms with Crippen molar-refractivity contribution in [3.63, 3.8) is 0 Å². The molecule has 0 unspecified atom stereocenters. The van der Waals surface area contributed by atoms with Crippen molar-refractivity contribution >= 4 is 22.8 Å². The van der Waals surface area contributed by atoms with E-state index >= 15 is 0 Å². The highest BCUT2D eigenvalue weighted by atomic mass is 16.5. The second-order valence-electron chi connectivity index (χ2n) is 9.42. The molecule has 0 bridgehead atoms. The number of piperidine rings is 1. The maximum Gasteiger partial charge on any atom is 0.216 e. The molecule has 0 aliphatic carbocycles. The van der Waals surface area contributed by atoms with Gasteiger partial charge in [-0.1, -0.05) is 0 Å². The van der Waals surface area contributed by atoms with Gasteiger partial charge in [0.05, 0.1) is 25.1 Å². The highest BCUT2D eigenvalue weighted by Gasteiger charge is 2.22. The van der Waals surface area contributed by atoms with E-state index in [2.05, 4.69) is 32.3 Å². The maximum absolute atomic E-state index is 9.63. The minimum absolute atomic E-state index is 0.216. The van der Waals surface area contributed by atoms with Gasteiger partial charge in [0.2, 0.25) is 5.88 Å². The van der Waals surface area contributed by atoms with Gasteiger partial charge in [-0.25, -0.2) is 15.0 Å². The fourth-order valence-corrected chi connectivity index (χ4v) is 5.12. The van der Waals surface area contributed by atoms with Crippen LogP contribution in [0.3, 0.4) is 0 Å². The number of aliphatic hydroxyl groups excluding tert-OH is 1. The first-order chi connectivity index (χ1) is 17.7. The topological polar surface area (TPSA) is 97.0 Å². The maximum atomic E-state index is 9.63. The molecule has 9 nitrogen and oxygen atoms in total. The van der Waals surface area contributed by atoms with E-state index in [-0.39, 0.29) is 6.61 Å². The van der Waals surface area contributed by atoms with Gasteiger partial charge in [-0.15, -0.1) is 0 Å². The second kappa shape index (κ2) is 9.66. The van der Waals surface area contributed by atoms with Crippen LogP contribution < -0.4 is 19.7 Å². The third-order valence-electron chi connectivity index (χ3n) is 6.98. The van der Waals surface area contributed by atoms with E-state index in [1.165, 1.54) is 0 Å². The Morgan fingerprint density at radius 3 is 3.06 bits per heavy atom. The molecule has 0 radical (unpaired) electrons.